The Morgan fingerprint density at radius 2 is 1.03 bits per heavy atom. The summed E-state index contributed by atoms with van der Waals surface area (Å²) >= 11 is 11.4. The van der Waals surface area contributed by atoms with Crippen molar-refractivity contribution in [3.05, 3.63) is 66.2 Å². The predicted octanol–water partition coefficient (Wildman–Crippen LogP) is 12.6. The summed E-state index contributed by atoms with van der Waals surface area (Å²) in [4.78, 5) is 2.87. The van der Waals surface area contributed by atoms with Crippen molar-refractivity contribution in [1.29, 1.82) is 0 Å². The normalized spacial score (nSPS) is 17.4. The van der Waals surface area contributed by atoms with Crippen LogP contribution in [0.2, 0.25) is 0 Å². The minimum atomic E-state index is 0.636. The second-order valence-electron chi connectivity index (χ2n) is 10.3. The quantitative estimate of drug-likeness (QED) is 0.142. The minimum Gasteiger partial charge on any atom is -0.128 e. The first-order valence-electron chi connectivity index (χ1n) is 13.7. The van der Waals surface area contributed by atoms with E-state index >= 15 is 0 Å². The van der Waals surface area contributed by atoms with Crippen LogP contribution >= 0.6 is 54.5 Å². The van der Waals surface area contributed by atoms with Crippen LogP contribution in [-0.4, -0.2) is 0 Å². The number of fused-ring (bicyclic) bond motifs is 6. The molecule has 0 saturated heterocycles. The molecule has 0 radical (unpaired) electrons. The molecular weight excluding hydrogens is 608 g/mol. The number of allylic oxidation sites excluding steroid dienone is 2. The molecule has 5 rings (SSSR count). The first-order valence-corrected chi connectivity index (χ1v) is 16.9. The lowest BCUT2D eigenvalue weighted by Crippen LogP contribution is -1.97. The van der Waals surface area contributed by atoms with Gasteiger partial charge < -0.3 is 0 Å². The molecule has 2 atom stereocenters. The zero-order valence-corrected chi connectivity index (χ0v) is 26.7. The van der Waals surface area contributed by atoms with Crippen molar-refractivity contribution >= 4 is 65.7 Å². The fraction of sp³-hybridized carbons (Fsp3) is 0.438. The van der Waals surface area contributed by atoms with Gasteiger partial charge in [-0.05, 0) is 116 Å². The van der Waals surface area contributed by atoms with Crippen LogP contribution in [0.3, 0.4) is 0 Å². The van der Waals surface area contributed by atoms with Gasteiger partial charge in [0.2, 0.25) is 0 Å². The number of unbranched alkanes of at least 4 members (excludes halogenated alkanes) is 2. The third-order valence-electron chi connectivity index (χ3n) is 7.92. The van der Waals surface area contributed by atoms with Gasteiger partial charge in [-0.1, -0.05) is 65.5 Å². The molecule has 0 N–H and O–H groups in total. The molecule has 0 saturated carbocycles. The van der Waals surface area contributed by atoms with Crippen molar-refractivity contribution in [2.24, 2.45) is 11.8 Å². The van der Waals surface area contributed by atoms with E-state index in [9.17, 15) is 0 Å². The lowest BCUT2D eigenvalue weighted by Gasteiger charge is -2.14. The Balaban J connectivity index is 1.67. The zero-order chi connectivity index (χ0) is 25.4. The van der Waals surface area contributed by atoms with Crippen LogP contribution < -0.4 is 0 Å². The van der Waals surface area contributed by atoms with Crippen molar-refractivity contribution in [3.8, 4) is 20.9 Å². The highest BCUT2D eigenvalue weighted by Crippen LogP contribution is 2.57. The van der Waals surface area contributed by atoms with E-state index in [1.165, 1.54) is 113 Å². The van der Waals surface area contributed by atoms with Crippen LogP contribution in [0.1, 0.15) is 101 Å². The first kappa shape index (κ1) is 26.7. The monoisotopic (exact) mass is 642 g/mol. The molecule has 3 aromatic rings. The van der Waals surface area contributed by atoms with Crippen molar-refractivity contribution < 1.29 is 0 Å². The zero-order valence-electron chi connectivity index (χ0n) is 21.8. The van der Waals surface area contributed by atoms with Gasteiger partial charge in [-0.3, -0.25) is 0 Å². The third kappa shape index (κ3) is 4.93. The van der Waals surface area contributed by atoms with Gasteiger partial charge in [0, 0.05) is 32.0 Å². The molecule has 0 spiro atoms. The number of hydrogen-bond donors (Lipinski definition) is 0. The molecule has 0 nitrogen and oxygen atoms in total. The Morgan fingerprint density at radius 1 is 0.611 bits per heavy atom. The maximum atomic E-state index is 3.80. The lowest BCUT2D eigenvalue weighted by atomic mass is 9.90. The fourth-order valence-corrected chi connectivity index (χ4v) is 9.10. The summed E-state index contributed by atoms with van der Waals surface area (Å²) in [6, 6.07) is 9.76. The number of halogens is 2. The maximum Gasteiger partial charge on any atom is 0.0711 e. The Bertz CT molecular complexity index is 1220. The van der Waals surface area contributed by atoms with Gasteiger partial charge >= 0.3 is 0 Å². The Morgan fingerprint density at radius 3 is 1.39 bits per heavy atom. The number of rotatable bonds is 10. The van der Waals surface area contributed by atoms with Crippen LogP contribution in [0.15, 0.2) is 44.0 Å². The molecule has 4 heteroatoms. The molecule has 190 valence electrons. The molecule has 36 heavy (non-hydrogen) atoms. The summed E-state index contributed by atoms with van der Waals surface area (Å²) in [5.41, 5.74) is 11.5. The van der Waals surface area contributed by atoms with Crippen LogP contribution in [0.25, 0.3) is 32.0 Å². The van der Waals surface area contributed by atoms with E-state index in [4.69, 9.17) is 0 Å². The van der Waals surface area contributed by atoms with E-state index < -0.39 is 0 Å². The highest BCUT2D eigenvalue weighted by molar-refractivity contribution is 9.11. The molecule has 2 aliphatic rings. The van der Waals surface area contributed by atoms with Crippen molar-refractivity contribution in [1.82, 2.24) is 0 Å². The summed E-state index contributed by atoms with van der Waals surface area (Å²) in [5.74, 6) is 1.27. The van der Waals surface area contributed by atoms with E-state index in [1.807, 2.05) is 22.7 Å². The predicted molar refractivity (Wildman–Crippen MR) is 169 cm³/mol. The van der Waals surface area contributed by atoms with E-state index in [-0.39, 0.29) is 0 Å². The SMILES string of the molecule is CCCCC(/C=C1/c2cc3c(cc2-c2sc(Br)cc21)/C(=C/C(CC)CCCC)c1cc(Br)sc1-3)CC. The van der Waals surface area contributed by atoms with Crippen LogP contribution in [0.4, 0.5) is 0 Å². The van der Waals surface area contributed by atoms with Gasteiger partial charge in [0.05, 0.1) is 7.57 Å². The molecule has 0 bridgehead atoms. The summed E-state index contributed by atoms with van der Waals surface area (Å²) in [6.45, 7) is 9.29. The lowest BCUT2D eigenvalue weighted by molar-refractivity contribution is 0.541. The molecule has 0 amide bonds. The third-order valence-corrected chi connectivity index (χ3v) is 11.3. The molecule has 2 aromatic heterocycles. The highest BCUT2D eigenvalue weighted by atomic mass is 79.9. The Labute approximate surface area is 242 Å². The molecule has 0 aliphatic heterocycles. The van der Waals surface area contributed by atoms with E-state index in [1.54, 1.807) is 0 Å². The standard InChI is InChI=1S/C32H36Br2S2/c1-5-9-11-19(7-3)13-21-23-15-26-24(16-25(23)31-27(21)17-29(33)35-31)22(14-20(8-4)12-10-6-2)28-18-30(34)36-32(26)28/h13-20H,5-12H2,1-4H3/b21-13-,22-14-. The van der Waals surface area contributed by atoms with Gasteiger partial charge in [-0.25, -0.2) is 0 Å². The van der Waals surface area contributed by atoms with Crippen LogP contribution in [-0.2, 0) is 0 Å². The summed E-state index contributed by atoms with van der Waals surface area (Å²) < 4.78 is 2.46. The number of thiophene rings is 2. The summed E-state index contributed by atoms with van der Waals surface area (Å²) in [5, 5.41) is 0. The number of hydrogen-bond acceptors (Lipinski definition) is 2. The van der Waals surface area contributed by atoms with Gasteiger partial charge in [0.25, 0.3) is 0 Å². The van der Waals surface area contributed by atoms with Gasteiger partial charge in [0.15, 0.2) is 0 Å². The molecule has 2 heterocycles. The summed E-state index contributed by atoms with van der Waals surface area (Å²) in [6.07, 6.45) is 15.3. The molecular formula is C32H36Br2S2. The van der Waals surface area contributed by atoms with Gasteiger partial charge in [0.1, 0.15) is 0 Å². The smallest absolute Gasteiger partial charge is 0.0711 e. The number of benzene rings is 1. The molecule has 2 aliphatic carbocycles. The molecule has 1 aromatic carbocycles. The van der Waals surface area contributed by atoms with Crippen LogP contribution in [0.5, 0.6) is 0 Å². The topological polar surface area (TPSA) is 0 Å². The van der Waals surface area contributed by atoms with Gasteiger partial charge in [-0.15, -0.1) is 22.7 Å². The second-order valence-corrected chi connectivity index (χ2v) is 15.2. The Kier molecular flexibility index (Phi) is 8.47. The van der Waals surface area contributed by atoms with E-state index in [2.05, 4.69) is 96.0 Å². The maximum absolute atomic E-state index is 3.80. The Hall–Kier alpha value is -0.940. The second kappa shape index (κ2) is 11.4. The molecule has 0 fully saturated rings. The average molecular weight is 645 g/mol. The fourth-order valence-electron chi connectivity index (χ4n) is 5.81. The van der Waals surface area contributed by atoms with Crippen LogP contribution in [0, 0.1) is 11.8 Å². The van der Waals surface area contributed by atoms with Crippen molar-refractivity contribution in [3.63, 3.8) is 0 Å². The van der Waals surface area contributed by atoms with E-state index in [0.29, 0.717) is 11.8 Å². The van der Waals surface area contributed by atoms with Crippen molar-refractivity contribution in [2.75, 3.05) is 0 Å². The van der Waals surface area contributed by atoms with Crippen molar-refractivity contribution in [2.45, 2.75) is 79.1 Å². The summed E-state index contributed by atoms with van der Waals surface area (Å²) in [7, 11) is 0. The minimum absolute atomic E-state index is 0.636. The highest BCUT2D eigenvalue weighted by Gasteiger charge is 2.33. The first-order chi connectivity index (χ1) is 17.5. The largest absolute Gasteiger partial charge is 0.128 e. The van der Waals surface area contributed by atoms with Gasteiger partial charge in [-0.2, -0.15) is 0 Å². The average Bonchev–Trinajstić information content (AvgIpc) is 3.58. The molecule has 2 unspecified atom stereocenters. The van der Waals surface area contributed by atoms with E-state index in [0.717, 1.165) is 0 Å².